The summed E-state index contributed by atoms with van der Waals surface area (Å²) in [5, 5.41) is 8.58. The first kappa shape index (κ1) is 11.3. The van der Waals surface area contributed by atoms with Crippen molar-refractivity contribution in [3.63, 3.8) is 0 Å². The smallest absolute Gasteiger partial charge is 0.121 e. The highest BCUT2D eigenvalue weighted by molar-refractivity contribution is 5.30. The Morgan fingerprint density at radius 3 is 2.87 bits per heavy atom. The van der Waals surface area contributed by atoms with Crippen LogP contribution in [-0.2, 0) is 6.42 Å². The monoisotopic (exact) mass is 201 g/mol. The van der Waals surface area contributed by atoms with Crippen LogP contribution in [0.4, 0.5) is 0 Å². The summed E-state index contributed by atoms with van der Waals surface area (Å²) in [6.07, 6.45) is 2.16. The summed E-state index contributed by atoms with van der Waals surface area (Å²) < 4.78 is 5.71. The zero-order chi connectivity index (χ0) is 11.3. The Morgan fingerprint density at radius 1 is 1.53 bits per heavy atom. The Morgan fingerprint density at radius 2 is 2.27 bits per heavy atom. The van der Waals surface area contributed by atoms with Crippen molar-refractivity contribution < 1.29 is 4.74 Å². The van der Waals surface area contributed by atoms with Crippen LogP contribution in [0.5, 0.6) is 5.75 Å². The molecule has 0 saturated carbocycles. The van der Waals surface area contributed by atoms with Crippen molar-refractivity contribution in [2.75, 3.05) is 0 Å². The van der Waals surface area contributed by atoms with E-state index in [9.17, 15) is 0 Å². The van der Waals surface area contributed by atoms with Crippen molar-refractivity contribution in [3.05, 3.63) is 42.5 Å². The zero-order valence-corrected chi connectivity index (χ0v) is 9.16. The second kappa shape index (κ2) is 4.65. The van der Waals surface area contributed by atoms with Crippen molar-refractivity contribution in [1.29, 1.82) is 5.26 Å². The largest absolute Gasteiger partial charge is 0.484 e. The van der Waals surface area contributed by atoms with Crippen LogP contribution in [0.25, 0.3) is 0 Å². The summed E-state index contributed by atoms with van der Waals surface area (Å²) in [5.41, 5.74) is 0.584. The highest BCUT2D eigenvalue weighted by Gasteiger charge is 2.14. The van der Waals surface area contributed by atoms with Crippen molar-refractivity contribution in [3.8, 4) is 11.8 Å². The molecule has 0 fully saturated rings. The molecule has 0 amide bonds. The van der Waals surface area contributed by atoms with Crippen LogP contribution in [0, 0.1) is 11.3 Å². The molecular formula is C13H15NO. The average Bonchev–Trinajstić information content (AvgIpc) is 2.18. The van der Waals surface area contributed by atoms with Gasteiger partial charge in [-0.15, -0.1) is 0 Å². The SMILES string of the molecule is C=CC(C)(C)Oc1cccc(CC#N)c1. The van der Waals surface area contributed by atoms with Gasteiger partial charge in [0, 0.05) is 0 Å². The van der Waals surface area contributed by atoms with Gasteiger partial charge in [0.05, 0.1) is 12.5 Å². The number of hydrogen-bond acceptors (Lipinski definition) is 2. The van der Waals surface area contributed by atoms with E-state index in [0.29, 0.717) is 6.42 Å². The minimum absolute atomic E-state index is 0.384. The van der Waals surface area contributed by atoms with Gasteiger partial charge in [-0.05, 0) is 37.6 Å². The van der Waals surface area contributed by atoms with Crippen molar-refractivity contribution in [2.45, 2.75) is 25.9 Å². The maximum atomic E-state index is 8.58. The highest BCUT2D eigenvalue weighted by atomic mass is 16.5. The summed E-state index contributed by atoms with van der Waals surface area (Å²) in [7, 11) is 0. The molecule has 78 valence electrons. The molecule has 0 aliphatic heterocycles. The molecule has 0 aliphatic rings. The first-order chi connectivity index (χ1) is 7.07. The molecule has 0 spiro atoms. The molecule has 0 saturated heterocycles. The van der Waals surface area contributed by atoms with Gasteiger partial charge in [0.1, 0.15) is 11.4 Å². The van der Waals surface area contributed by atoms with E-state index in [4.69, 9.17) is 10.00 Å². The van der Waals surface area contributed by atoms with Crippen LogP contribution in [0.2, 0.25) is 0 Å². The number of nitriles is 1. The normalized spacial score (nSPS) is 10.5. The predicted molar refractivity (Wildman–Crippen MR) is 60.7 cm³/mol. The van der Waals surface area contributed by atoms with Crippen LogP contribution in [-0.4, -0.2) is 5.60 Å². The minimum atomic E-state index is -0.384. The Labute approximate surface area is 90.8 Å². The van der Waals surface area contributed by atoms with Gasteiger partial charge < -0.3 is 4.74 Å². The van der Waals surface area contributed by atoms with Crippen molar-refractivity contribution in [2.24, 2.45) is 0 Å². The molecule has 15 heavy (non-hydrogen) atoms. The van der Waals surface area contributed by atoms with Gasteiger partial charge in [-0.25, -0.2) is 0 Å². The lowest BCUT2D eigenvalue weighted by Crippen LogP contribution is -2.24. The molecule has 1 aromatic rings. The van der Waals surface area contributed by atoms with E-state index >= 15 is 0 Å². The van der Waals surface area contributed by atoms with Crippen LogP contribution >= 0.6 is 0 Å². The van der Waals surface area contributed by atoms with Gasteiger partial charge in [-0.2, -0.15) is 5.26 Å². The second-order valence-electron chi connectivity index (χ2n) is 3.89. The van der Waals surface area contributed by atoms with Gasteiger partial charge in [0.25, 0.3) is 0 Å². The van der Waals surface area contributed by atoms with E-state index in [1.807, 2.05) is 38.1 Å². The summed E-state index contributed by atoms with van der Waals surface area (Å²) >= 11 is 0. The van der Waals surface area contributed by atoms with Gasteiger partial charge in [-0.3, -0.25) is 0 Å². The number of ether oxygens (including phenoxy) is 1. The fourth-order valence-corrected chi connectivity index (χ4v) is 1.16. The van der Waals surface area contributed by atoms with E-state index in [0.717, 1.165) is 11.3 Å². The zero-order valence-electron chi connectivity index (χ0n) is 9.16. The van der Waals surface area contributed by atoms with Crippen molar-refractivity contribution in [1.82, 2.24) is 0 Å². The molecule has 0 N–H and O–H groups in total. The minimum Gasteiger partial charge on any atom is -0.484 e. The second-order valence-corrected chi connectivity index (χ2v) is 3.89. The van der Waals surface area contributed by atoms with Crippen LogP contribution in [0.15, 0.2) is 36.9 Å². The number of hydrogen-bond donors (Lipinski definition) is 0. The quantitative estimate of drug-likeness (QED) is 0.701. The highest BCUT2D eigenvalue weighted by Crippen LogP contribution is 2.20. The Kier molecular flexibility index (Phi) is 3.51. The van der Waals surface area contributed by atoms with Gasteiger partial charge in [0.15, 0.2) is 0 Å². The first-order valence-corrected chi connectivity index (χ1v) is 4.86. The number of rotatable bonds is 4. The lowest BCUT2D eigenvalue weighted by Gasteiger charge is -2.22. The number of benzene rings is 1. The Balaban J connectivity index is 2.83. The van der Waals surface area contributed by atoms with Crippen LogP contribution in [0.3, 0.4) is 0 Å². The third-order valence-corrected chi connectivity index (χ3v) is 2.05. The van der Waals surface area contributed by atoms with E-state index in [1.54, 1.807) is 6.08 Å². The standard InChI is InChI=1S/C13H15NO/c1-4-13(2,3)15-12-7-5-6-11(10-12)8-9-14/h4-7,10H,1,8H2,2-3H3. The third kappa shape index (κ3) is 3.47. The molecule has 0 aliphatic carbocycles. The van der Waals surface area contributed by atoms with E-state index in [-0.39, 0.29) is 5.60 Å². The molecule has 0 radical (unpaired) electrons. The lowest BCUT2D eigenvalue weighted by atomic mass is 10.1. The van der Waals surface area contributed by atoms with Crippen LogP contribution < -0.4 is 4.74 Å². The molecule has 0 heterocycles. The fraction of sp³-hybridized carbons (Fsp3) is 0.308. The molecule has 1 rings (SSSR count). The van der Waals surface area contributed by atoms with E-state index in [2.05, 4.69) is 12.6 Å². The fourth-order valence-electron chi connectivity index (χ4n) is 1.16. The lowest BCUT2D eigenvalue weighted by molar-refractivity contribution is 0.162. The summed E-state index contributed by atoms with van der Waals surface area (Å²) in [4.78, 5) is 0. The van der Waals surface area contributed by atoms with Gasteiger partial charge >= 0.3 is 0 Å². The molecule has 0 atom stereocenters. The number of nitrogens with zero attached hydrogens (tertiary/aromatic N) is 1. The molecular weight excluding hydrogens is 186 g/mol. The average molecular weight is 201 g/mol. The first-order valence-electron chi connectivity index (χ1n) is 4.86. The van der Waals surface area contributed by atoms with Gasteiger partial charge in [0.2, 0.25) is 0 Å². The molecule has 2 heteroatoms. The molecule has 2 nitrogen and oxygen atoms in total. The Bertz CT molecular complexity index is 388. The van der Waals surface area contributed by atoms with E-state index in [1.165, 1.54) is 0 Å². The Hall–Kier alpha value is -1.75. The maximum Gasteiger partial charge on any atom is 0.121 e. The summed E-state index contributed by atoms with van der Waals surface area (Å²) in [6, 6.07) is 9.68. The maximum absolute atomic E-state index is 8.58. The topological polar surface area (TPSA) is 33.0 Å². The molecule has 1 aromatic carbocycles. The van der Waals surface area contributed by atoms with Crippen molar-refractivity contribution >= 4 is 0 Å². The predicted octanol–water partition coefficient (Wildman–Crippen LogP) is 3.10. The summed E-state index contributed by atoms with van der Waals surface area (Å²) in [6.45, 7) is 7.59. The van der Waals surface area contributed by atoms with Crippen LogP contribution in [0.1, 0.15) is 19.4 Å². The third-order valence-electron chi connectivity index (χ3n) is 2.05. The van der Waals surface area contributed by atoms with E-state index < -0.39 is 0 Å². The molecule has 0 unspecified atom stereocenters. The molecule has 0 aromatic heterocycles. The van der Waals surface area contributed by atoms with Gasteiger partial charge in [-0.1, -0.05) is 18.7 Å². The summed E-state index contributed by atoms with van der Waals surface area (Å²) in [5.74, 6) is 0.771. The molecule has 0 bridgehead atoms.